The number of rotatable bonds is 1. The van der Waals surface area contributed by atoms with Gasteiger partial charge in [-0.3, -0.25) is 0 Å². The van der Waals surface area contributed by atoms with Gasteiger partial charge in [0.05, 0.1) is 34.3 Å². The maximum atomic E-state index is 9.04. The van der Waals surface area contributed by atoms with Crippen molar-refractivity contribution in [1.82, 2.24) is 9.55 Å². The van der Waals surface area contributed by atoms with Crippen LogP contribution in [0.3, 0.4) is 0 Å². The monoisotopic (exact) mass is 256 g/mol. The molecule has 0 spiro atoms. The van der Waals surface area contributed by atoms with Gasteiger partial charge >= 0.3 is 0 Å². The van der Waals surface area contributed by atoms with E-state index in [4.69, 9.17) is 15.7 Å². The van der Waals surface area contributed by atoms with E-state index in [1.807, 2.05) is 23.6 Å². The highest BCUT2D eigenvalue weighted by Gasteiger charge is 2.40. The molecule has 1 aliphatic rings. The molecule has 1 saturated heterocycles. The van der Waals surface area contributed by atoms with E-state index in [0.29, 0.717) is 18.1 Å². The molecule has 98 valence electrons. The quantitative estimate of drug-likeness (QED) is 0.846. The van der Waals surface area contributed by atoms with Crippen molar-refractivity contribution in [3.63, 3.8) is 0 Å². The smallest absolute Gasteiger partial charge is 0.201 e. The lowest BCUT2D eigenvalue weighted by molar-refractivity contribution is 0.0783. The van der Waals surface area contributed by atoms with Crippen LogP contribution < -0.4 is 5.73 Å². The minimum atomic E-state index is -0.215. The number of aromatic nitrogens is 2. The molecule has 5 nitrogen and oxygen atoms in total. The highest BCUT2D eigenvalue weighted by Crippen LogP contribution is 2.37. The number of imidazole rings is 1. The number of ether oxygens (including phenoxy) is 1. The summed E-state index contributed by atoms with van der Waals surface area (Å²) in [6, 6.07) is 7.60. The Morgan fingerprint density at radius 2 is 2.37 bits per heavy atom. The van der Waals surface area contributed by atoms with Gasteiger partial charge in [0, 0.05) is 6.61 Å². The van der Waals surface area contributed by atoms with Crippen LogP contribution in [0.5, 0.6) is 0 Å². The Kier molecular flexibility index (Phi) is 2.51. The van der Waals surface area contributed by atoms with Gasteiger partial charge in [-0.15, -0.1) is 0 Å². The van der Waals surface area contributed by atoms with Crippen LogP contribution in [-0.2, 0) is 10.3 Å². The van der Waals surface area contributed by atoms with Gasteiger partial charge in [0.1, 0.15) is 0 Å². The van der Waals surface area contributed by atoms with Crippen molar-refractivity contribution >= 4 is 17.0 Å². The van der Waals surface area contributed by atoms with Crippen LogP contribution in [0.25, 0.3) is 11.0 Å². The number of benzene rings is 1. The first-order chi connectivity index (χ1) is 9.06. The van der Waals surface area contributed by atoms with Crippen molar-refractivity contribution in [2.75, 3.05) is 12.3 Å². The lowest BCUT2D eigenvalue weighted by Gasteiger charge is -2.31. The molecule has 5 heteroatoms. The second-order valence-electron chi connectivity index (χ2n) is 5.24. The van der Waals surface area contributed by atoms with E-state index in [9.17, 15) is 0 Å². The maximum absolute atomic E-state index is 9.04. The fraction of sp³-hybridized carbons (Fsp3) is 0.429. The van der Waals surface area contributed by atoms with Gasteiger partial charge in [-0.25, -0.2) is 4.98 Å². The average molecular weight is 256 g/mol. The van der Waals surface area contributed by atoms with Crippen LogP contribution in [-0.4, -0.2) is 22.3 Å². The summed E-state index contributed by atoms with van der Waals surface area (Å²) in [6.45, 7) is 4.89. The van der Waals surface area contributed by atoms with Crippen LogP contribution in [0.4, 0.5) is 5.95 Å². The summed E-state index contributed by atoms with van der Waals surface area (Å²) in [5.74, 6) is 0.477. The standard InChI is InChI=1S/C14H16N4O/c1-9-14(2,5-6-19-9)18-12-7-10(8-15)3-4-11(12)17-13(18)16/h3-4,7,9H,5-6H2,1-2H3,(H2,16,17). The molecular weight excluding hydrogens is 240 g/mol. The fourth-order valence-electron chi connectivity index (χ4n) is 2.82. The first-order valence-electron chi connectivity index (χ1n) is 6.36. The number of hydrogen-bond acceptors (Lipinski definition) is 4. The Hall–Kier alpha value is -2.06. The third kappa shape index (κ3) is 1.60. The summed E-state index contributed by atoms with van der Waals surface area (Å²) < 4.78 is 7.70. The zero-order chi connectivity index (χ0) is 13.6. The molecule has 1 aliphatic heterocycles. The highest BCUT2D eigenvalue weighted by atomic mass is 16.5. The number of hydrogen-bond donors (Lipinski definition) is 1. The molecule has 2 aromatic rings. The van der Waals surface area contributed by atoms with Crippen LogP contribution >= 0.6 is 0 Å². The van der Waals surface area contributed by atoms with Gasteiger partial charge in [0.2, 0.25) is 5.95 Å². The van der Waals surface area contributed by atoms with Crippen LogP contribution in [0, 0.1) is 11.3 Å². The van der Waals surface area contributed by atoms with E-state index in [1.165, 1.54) is 0 Å². The number of nitrogens with zero attached hydrogens (tertiary/aromatic N) is 3. The first-order valence-corrected chi connectivity index (χ1v) is 6.36. The minimum absolute atomic E-state index is 0.0675. The second-order valence-corrected chi connectivity index (χ2v) is 5.24. The van der Waals surface area contributed by atoms with E-state index in [-0.39, 0.29) is 11.6 Å². The summed E-state index contributed by atoms with van der Waals surface area (Å²) in [7, 11) is 0. The van der Waals surface area contributed by atoms with Crippen LogP contribution in [0.2, 0.25) is 0 Å². The van der Waals surface area contributed by atoms with Crippen molar-refractivity contribution in [1.29, 1.82) is 5.26 Å². The SMILES string of the molecule is CC1OCCC1(C)n1c(N)nc2ccc(C#N)cc21. The highest BCUT2D eigenvalue weighted by molar-refractivity contribution is 5.80. The molecule has 2 atom stereocenters. The third-order valence-corrected chi connectivity index (χ3v) is 4.17. The normalized spacial score (nSPS) is 26.7. The molecule has 1 aromatic carbocycles. The van der Waals surface area contributed by atoms with E-state index in [1.54, 1.807) is 6.07 Å². The first kappa shape index (κ1) is 12.0. The zero-order valence-electron chi connectivity index (χ0n) is 11.1. The van der Waals surface area contributed by atoms with Crippen molar-refractivity contribution in [3.05, 3.63) is 23.8 Å². The van der Waals surface area contributed by atoms with E-state index in [2.05, 4.69) is 18.0 Å². The molecule has 2 N–H and O–H groups in total. The Morgan fingerprint density at radius 1 is 1.58 bits per heavy atom. The largest absolute Gasteiger partial charge is 0.376 e. The Balaban J connectivity index is 2.28. The molecule has 1 aromatic heterocycles. The minimum Gasteiger partial charge on any atom is -0.376 e. The van der Waals surface area contributed by atoms with Crippen molar-refractivity contribution in [2.45, 2.75) is 31.9 Å². The Bertz CT molecular complexity index is 685. The maximum Gasteiger partial charge on any atom is 0.201 e. The Labute approximate surface area is 111 Å². The van der Waals surface area contributed by atoms with Crippen LogP contribution in [0.1, 0.15) is 25.8 Å². The van der Waals surface area contributed by atoms with Gasteiger partial charge in [-0.1, -0.05) is 0 Å². The molecule has 0 aliphatic carbocycles. The molecule has 0 radical (unpaired) electrons. The zero-order valence-corrected chi connectivity index (χ0v) is 11.1. The van der Waals surface area contributed by atoms with Crippen molar-refractivity contribution in [2.24, 2.45) is 0 Å². The molecule has 1 fully saturated rings. The fourth-order valence-corrected chi connectivity index (χ4v) is 2.82. The summed E-state index contributed by atoms with van der Waals surface area (Å²) >= 11 is 0. The molecule has 0 amide bonds. The van der Waals surface area contributed by atoms with E-state index in [0.717, 1.165) is 17.5 Å². The lowest BCUT2D eigenvalue weighted by Crippen LogP contribution is -2.37. The average Bonchev–Trinajstić information content (AvgIpc) is 2.89. The summed E-state index contributed by atoms with van der Waals surface area (Å²) in [5.41, 5.74) is 8.20. The number of nitriles is 1. The predicted molar refractivity (Wildman–Crippen MR) is 72.5 cm³/mol. The van der Waals surface area contributed by atoms with E-state index < -0.39 is 0 Å². The third-order valence-electron chi connectivity index (χ3n) is 4.17. The molecule has 3 rings (SSSR count). The van der Waals surface area contributed by atoms with Gasteiger partial charge in [-0.2, -0.15) is 5.26 Å². The van der Waals surface area contributed by atoms with Crippen molar-refractivity contribution in [3.8, 4) is 6.07 Å². The number of nitrogen functional groups attached to an aromatic ring is 1. The molecule has 2 heterocycles. The molecule has 19 heavy (non-hydrogen) atoms. The number of anilines is 1. The Morgan fingerprint density at radius 3 is 3.00 bits per heavy atom. The number of nitrogens with two attached hydrogens (primary N) is 1. The topological polar surface area (TPSA) is 76.9 Å². The second kappa shape index (κ2) is 3.97. The predicted octanol–water partition coefficient (Wildman–Crippen LogP) is 2.01. The van der Waals surface area contributed by atoms with Gasteiger partial charge in [0.25, 0.3) is 0 Å². The summed E-state index contributed by atoms with van der Waals surface area (Å²) in [4.78, 5) is 4.39. The van der Waals surface area contributed by atoms with Crippen molar-refractivity contribution < 1.29 is 4.74 Å². The van der Waals surface area contributed by atoms with Gasteiger partial charge in [-0.05, 0) is 38.5 Å². The molecule has 0 saturated carbocycles. The number of fused-ring (bicyclic) bond motifs is 1. The molecular formula is C14H16N4O. The van der Waals surface area contributed by atoms with Gasteiger partial charge < -0.3 is 15.0 Å². The molecule has 0 bridgehead atoms. The summed E-state index contributed by atoms with van der Waals surface area (Å²) in [6.07, 6.45) is 0.957. The van der Waals surface area contributed by atoms with E-state index >= 15 is 0 Å². The van der Waals surface area contributed by atoms with Crippen LogP contribution in [0.15, 0.2) is 18.2 Å². The lowest BCUT2D eigenvalue weighted by atomic mass is 9.94. The summed E-state index contributed by atoms with van der Waals surface area (Å²) in [5, 5.41) is 9.04. The molecule has 2 unspecified atom stereocenters. The van der Waals surface area contributed by atoms with Gasteiger partial charge in [0.15, 0.2) is 0 Å².